The smallest absolute Gasteiger partial charge is 0.332 e. The van der Waals surface area contributed by atoms with Gasteiger partial charge in [-0.25, -0.2) is 9.78 Å². The zero-order valence-corrected chi connectivity index (χ0v) is 19.7. The fraction of sp³-hybridized carbons (Fsp3) is 0.240. The molecule has 176 valence electrons. The minimum absolute atomic E-state index is 0.371. The summed E-state index contributed by atoms with van der Waals surface area (Å²) in [6, 6.07) is 12.8. The van der Waals surface area contributed by atoms with Gasteiger partial charge in [0.25, 0.3) is 5.56 Å². The number of benzene rings is 2. The predicted octanol–water partition coefficient (Wildman–Crippen LogP) is 3.43. The predicted molar refractivity (Wildman–Crippen MR) is 131 cm³/mol. The maximum absolute atomic E-state index is 12.7. The van der Waals surface area contributed by atoms with Crippen LogP contribution in [0.4, 0.5) is 0 Å². The van der Waals surface area contributed by atoms with Crippen molar-refractivity contribution in [1.82, 2.24) is 18.7 Å². The number of rotatable bonds is 7. The third-order valence-corrected chi connectivity index (χ3v) is 5.61. The quantitative estimate of drug-likeness (QED) is 0.418. The van der Waals surface area contributed by atoms with E-state index in [9.17, 15) is 9.59 Å². The summed E-state index contributed by atoms with van der Waals surface area (Å²) in [4.78, 5) is 29.7. The van der Waals surface area contributed by atoms with E-state index in [1.807, 2.05) is 55.5 Å². The first-order chi connectivity index (χ1) is 16.4. The van der Waals surface area contributed by atoms with Crippen LogP contribution in [-0.2, 0) is 20.6 Å². The van der Waals surface area contributed by atoms with E-state index in [1.165, 1.54) is 11.6 Å². The van der Waals surface area contributed by atoms with Crippen LogP contribution in [0, 0.1) is 0 Å². The number of imidazole rings is 1. The third kappa shape index (κ3) is 4.07. The summed E-state index contributed by atoms with van der Waals surface area (Å²) in [7, 11) is 6.42. The maximum Gasteiger partial charge on any atom is 0.332 e. The topological polar surface area (TPSA) is 89.5 Å². The summed E-state index contributed by atoms with van der Waals surface area (Å²) in [5.41, 5.74) is 0.832. The molecule has 2 heterocycles. The highest BCUT2D eigenvalue weighted by molar-refractivity contribution is 5.77. The van der Waals surface area contributed by atoms with Crippen LogP contribution in [0.25, 0.3) is 23.3 Å². The molecule has 4 aromatic rings. The summed E-state index contributed by atoms with van der Waals surface area (Å²) in [6.45, 7) is 2.26. The normalized spacial score (nSPS) is 11.3. The molecule has 0 N–H and O–H groups in total. The Morgan fingerprint density at radius 1 is 0.882 bits per heavy atom. The highest BCUT2D eigenvalue weighted by atomic mass is 16.5. The summed E-state index contributed by atoms with van der Waals surface area (Å²) < 4.78 is 20.9. The lowest BCUT2D eigenvalue weighted by Crippen LogP contribution is -2.38. The zero-order chi connectivity index (χ0) is 24.4. The average molecular weight is 463 g/mol. The Hall–Kier alpha value is -4.27. The van der Waals surface area contributed by atoms with E-state index in [0.29, 0.717) is 40.8 Å². The van der Waals surface area contributed by atoms with Crippen LogP contribution >= 0.6 is 0 Å². The van der Waals surface area contributed by atoms with Crippen LogP contribution < -0.4 is 25.5 Å². The van der Waals surface area contributed by atoms with Gasteiger partial charge in [0.05, 0.1) is 14.2 Å². The molecular formula is C25H26N4O5. The van der Waals surface area contributed by atoms with Crippen LogP contribution in [0.5, 0.6) is 23.0 Å². The minimum atomic E-state index is -0.385. The van der Waals surface area contributed by atoms with Gasteiger partial charge in [0, 0.05) is 20.6 Å². The van der Waals surface area contributed by atoms with Crippen molar-refractivity contribution >= 4 is 23.3 Å². The largest absolute Gasteiger partial charge is 0.497 e. The zero-order valence-electron chi connectivity index (χ0n) is 19.7. The van der Waals surface area contributed by atoms with Gasteiger partial charge in [0.15, 0.2) is 22.7 Å². The van der Waals surface area contributed by atoms with Crippen molar-refractivity contribution in [3.8, 4) is 23.0 Å². The molecule has 9 heteroatoms. The van der Waals surface area contributed by atoms with Crippen molar-refractivity contribution in [2.24, 2.45) is 14.1 Å². The summed E-state index contributed by atoms with van der Waals surface area (Å²) in [5.74, 6) is 3.07. The van der Waals surface area contributed by atoms with Gasteiger partial charge < -0.3 is 18.8 Å². The lowest BCUT2D eigenvalue weighted by Gasteiger charge is -2.11. The lowest BCUT2D eigenvalue weighted by molar-refractivity contribution is 0.378. The Kier molecular flexibility index (Phi) is 6.27. The lowest BCUT2D eigenvalue weighted by atomic mass is 10.2. The van der Waals surface area contributed by atoms with Crippen molar-refractivity contribution in [2.45, 2.75) is 13.5 Å². The van der Waals surface area contributed by atoms with Gasteiger partial charge in [-0.05, 0) is 55.0 Å². The highest BCUT2D eigenvalue weighted by Gasteiger charge is 2.17. The second-order valence-electron chi connectivity index (χ2n) is 7.61. The number of hydrogen-bond donors (Lipinski definition) is 0. The first-order valence-electron chi connectivity index (χ1n) is 10.7. The second kappa shape index (κ2) is 9.30. The second-order valence-corrected chi connectivity index (χ2v) is 7.61. The van der Waals surface area contributed by atoms with Crippen LogP contribution in [0.3, 0.4) is 0 Å². The van der Waals surface area contributed by atoms with E-state index >= 15 is 0 Å². The monoisotopic (exact) mass is 462 g/mol. The Balaban J connectivity index is 1.70. The molecule has 0 radical (unpaired) electrons. The number of methoxy groups -OCH3 is 2. The van der Waals surface area contributed by atoms with E-state index in [1.54, 1.807) is 31.9 Å². The van der Waals surface area contributed by atoms with Crippen LogP contribution in [0.1, 0.15) is 18.3 Å². The molecule has 0 saturated heterocycles. The van der Waals surface area contributed by atoms with Crippen molar-refractivity contribution < 1.29 is 14.2 Å². The SMILES string of the molecule is CCn1c(=O)n(C)c(=O)c2c1nc(/C=C/c1ccc(OC)c(Oc3ccc(OC)cc3)c1)n2C. The molecule has 0 amide bonds. The summed E-state index contributed by atoms with van der Waals surface area (Å²) in [6.07, 6.45) is 3.66. The van der Waals surface area contributed by atoms with Crippen molar-refractivity contribution in [3.63, 3.8) is 0 Å². The number of fused-ring (bicyclic) bond motifs is 1. The van der Waals surface area contributed by atoms with E-state index in [0.717, 1.165) is 15.9 Å². The molecule has 4 rings (SSSR count). The molecule has 0 bridgehead atoms. The van der Waals surface area contributed by atoms with Gasteiger partial charge >= 0.3 is 5.69 Å². The number of hydrogen-bond acceptors (Lipinski definition) is 6. The summed E-state index contributed by atoms with van der Waals surface area (Å²) >= 11 is 0. The highest BCUT2D eigenvalue weighted by Crippen LogP contribution is 2.33. The molecule has 0 unspecified atom stereocenters. The Morgan fingerprint density at radius 2 is 1.59 bits per heavy atom. The Morgan fingerprint density at radius 3 is 2.24 bits per heavy atom. The Labute approximate surface area is 196 Å². The third-order valence-electron chi connectivity index (χ3n) is 5.61. The molecule has 2 aromatic heterocycles. The standard InChI is InChI=1S/C25H26N4O5/c1-6-29-23-22(24(30)28(3)25(29)31)27(2)21(26-23)14-8-16-7-13-19(33-5)20(15-16)34-18-11-9-17(32-4)10-12-18/h7-15H,6H2,1-5H3/b14-8+. The molecule has 0 atom stereocenters. The summed E-state index contributed by atoms with van der Waals surface area (Å²) in [5, 5.41) is 0. The fourth-order valence-corrected chi connectivity index (χ4v) is 3.70. The first kappa shape index (κ1) is 22.9. The van der Waals surface area contributed by atoms with Gasteiger partial charge in [-0.2, -0.15) is 0 Å². The van der Waals surface area contributed by atoms with E-state index in [4.69, 9.17) is 14.2 Å². The van der Waals surface area contributed by atoms with Crippen molar-refractivity contribution in [2.75, 3.05) is 14.2 Å². The van der Waals surface area contributed by atoms with Crippen LogP contribution in [0.2, 0.25) is 0 Å². The minimum Gasteiger partial charge on any atom is -0.497 e. The van der Waals surface area contributed by atoms with Crippen molar-refractivity contribution in [3.05, 3.63) is 74.7 Å². The van der Waals surface area contributed by atoms with Crippen LogP contribution in [-0.4, -0.2) is 32.9 Å². The van der Waals surface area contributed by atoms with Gasteiger partial charge in [0.1, 0.15) is 17.3 Å². The fourth-order valence-electron chi connectivity index (χ4n) is 3.70. The molecule has 0 aliphatic heterocycles. The molecule has 2 aromatic carbocycles. The van der Waals surface area contributed by atoms with Gasteiger partial charge in [-0.3, -0.25) is 13.9 Å². The molecule has 9 nitrogen and oxygen atoms in total. The van der Waals surface area contributed by atoms with E-state index in [2.05, 4.69) is 4.98 Å². The van der Waals surface area contributed by atoms with Gasteiger partial charge in [0.2, 0.25) is 0 Å². The number of aryl methyl sites for hydroxylation is 2. The molecule has 0 aliphatic carbocycles. The van der Waals surface area contributed by atoms with Crippen LogP contribution in [0.15, 0.2) is 52.1 Å². The average Bonchev–Trinajstić information content (AvgIpc) is 3.18. The van der Waals surface area contributed by atoms with Gasteiger partial charge in [-0.1, -0.05) is 12.1 Å². The Bertz CT molecular complexity index is 1490. The first-order valence-corrected chi connectivity index (χ1v) is 10.7. The number of aromatic nitrogens is 4. The number of nitrogens with zero attached hydrogens (tertiary/aromatic N) is 4. The number of ether oxygens (including phenoxy) is 3. The maximum atomic E-state index is 12.7. The molecule has 0 fully saturated rings. The molecule has 0 spiro atoms. The van der Waals surface area contributed by atoms with Gasteiger partial charge in [-0.15, -0.1) is 0 Å². The molecule has 0 saturated carbocycles. The van der Waals surface area contributed by atoms with E-state index < -0.39 is 0 Å². The molecular weight excluding hydrogens is 436 g/mol. The molecule has 34 heavy (non-hydrogen) atoms. The molecule has 0 aliphatic rings. The van der Waals surface area contributed by atoms with E-state index in [-0.39, 0.29) is 11.2 Å². The van der Waals surface area contributed by atoms with Crippen molar-refractivity contribution in [1.29, 1.82) is 0 Å².